The van der Waals surface area contributed by atoms with Crippen LogP contribution in [0.25, 0.3) is 44.7 Å². The minimum atomic E-state index is 0.461. The molecule has 0 bridgehead atoms. The van der Waals surface area contributed by atoms with Crippen LogP contribution in [0.15, 0.2) is 102 Å². The summed E-state index contributed by atoms with van der Waals surface area (Å²) in [6, 6.07) is 31.5. The first-order valence-corrected chi connectivity index (χ1v) is 10.3. The Bertz CT molecular complexity index is 1300. The van der Waals surface area contributed by atoms with Crippen LogP contribution in [0.5, 0.6) is 0 Å². The van der Waals surface area contributed by atoms with E-state index in [0.29, 0.717) is 5.92 Å². The fourth-order valence-corrected chi connectivity index (χ4v) is 3.84. The molecule has 5 aromatic rings. The Hall–Kier alpha value is -3.65. The molecule has 0 atom stereocenters. The van der Waals surface area contributed by atoms with E-state index < -0.39 is 0 Å². The van der Waals surface area contributed by atoms with Crippen LogP contribution >= 0.6 is 0 Å². The van der Waals surface area contributed by atoms with Crippen molar-refractivity contribution in [2.75, 3.05) is 0 Å². The van der Waals surface area contributed by atoms with E-state index in [2.05, 4.69) is 85.6 Å². The summed E-state index contributed by atoms with van der Waals surface area (Å²) in [5.74, 6) is 1.34. The maximum Gasteiger partial charge on any atom is 0.142 e. The fourth-order valence-electron chi connectivity index (χ4n) is 3.84. The van der Waals surface area contributed by atoms with Gasteiger partial charge in [0.15, 0.2) is 0 Å². The number of furan rings is 1. The topological polar surface area (TPSA) is 26.0 Å². The van der Waals surface area contributed by atoms with Gasteiger partial charge in [-0.1, -0.05) is 74.5 Å². The first kappa shape index (κ1) is 18.4. The molecule has 0 aliphatic rings. The summed E-state index contributed by atoms with van der Waals surface area (Å²) in [5.41, 5.74) is 7.59. The Balaban J connectivity index is 1.74. The van der Waals surface area contributed by atoms with Crippen molar-refractivity contribution in [2.45, 2.75) is 19.8 Å². The van der Waals surface area contributed by atoms with Gasteiger partial charge in [0.25, 0.3) is 0 Å². The molecule has 0 spiro atoms. The highest BCUT2D eigenvalue weighted by atomic mass is 16.3. The highest BCUT2D eigenvalue weighted by Crippen LogP contribution is 2.38. The predicted molar refractivity (Wildman–Crippen MR) is 124 cm³/mol. The third kappa shape index (κ3) is 3.42. The van der Waals surface area contributed by atoms with E-state index in [1.54, 1.807) is 0 Å². The predicted octanol–water partition coefficient (Wildman–Crippen LogP) is 7.95. The zero-order valence-electron chi connectivity index (χ0n) is 17.2. The van der Waals surface area contributed by atoms with Crippen molar-refractivity contribution in [3.63, 3.8) is 0 Å². The summed E-state index contributed by atoms with van der Waals surface area (Å²) in [4.78, 5) is 4.67. The molecule has 2 aromatic heterocycles. The molecule has 0 unspecified atom stereocenters. The van der Waals surface area contributed by atoms with Crippen molar-refractivity contribution >= 4 is 11.0 Å². The van der Waals surface area contributed by atoms with Gasteiger partial charge in [-0.2, -0.15) is 0 Å². The summed E-state index contributed by atoms with van der Waals surface area (Å²) in [5, 5.41) is 1.09. The summed E-state index contributed by atoms with van der Waals surface area (Å²) < 4.78 is 6.37. The molecule has 0 radical (unpaired) electrons. The fraction of sp³-hybridized carbons (Fsp3) is 0.107. The Morgan fingerprint density at radius 2 is 1.40 bits per heavy atom. The third-order valence-electron chi connectivity index (χ3n) is 5.51. The van der Waals surface area contributed by atoms with Gasteiger partial charge in [0.2, 0.25) is 0 Å². The second-order valence-corrected chi connectivity index (χ2v) is 7.91. The molecule has 2 heteroatoms. The highest BCUT2D eigenvalue weighted by Gasteiger charge is 2.15. The zero-order valence-corrected chi connectivity index (χ0v) is 17.2. The maximum absolute atomic E-state index is 6.37. The second-order valence-electron chi connectivity index (χ2n) is 7.91. The van der Waals surface area contributed by atoms with Crippen molar-refractivity contribution < 1.29 is 4.42 Å². The molecule has 0 aliphatic carbocycles. The Morgan fingerprint density at radius 1 is 0.700 bits per heavy atom. The lowest BCUT2D eigenvalue weighted by molar-refractivity contribution is 0.632. The summed E-state index contributed by atoms with van der Waals surface area (Å²) in [6.07, 6.45) is 1.90. The van der Waals surface area contributed by atoms with Crippen LogP contribution in [0.3, 0.4) is 0 Å². The quantitative estimate of drug-likeness (QED) is 0.312. The lowest BCUT2D eigenvalue weighted by atomic mass is 9.97. The van der Waals surface area contributed by atoms with E-state index >= 15 is 0 Å². The number of rotatable bonds is 4. The van der Waals surface area contributed by atoms with Gasteiger partial charge < -0.3 is 4.42 Å². The molecule has 0 saturated heterocycles. The number of aromatic nitrogens is 1. The van der Waals surface area contributed by atoms with Gasteiger partial charge in [-0.25, -0.2) is 0 Å². The van der Waals surface area contributed by atoms with E-state index in [4.69, 9.17) is 4.42 Å². The minimum Gasteiger partial charge on any atom is -0.455 e. The van der Waals surface area contributed by atoms with E-state index in [0.717, 1.165) is 44.7 Å². The number of benzene rings is 3. The lowest BCUT2D eigenvalue weighted by Crippen LogP contribution is -1.91. The van der Waals surface area contributed by atoms with E-state index in [1.807, 2.05) is 30.5 Å². The number of pyridine rings is 1. The molecule has 0 aliphatic heterocycles. The molecular weight excluding hydrogens is 366 g/mol. The molecule has 30 heavy (non-hydrogen) atoms. The van der Waals surface area contributed by atoms with Crippen LogP contribution < -0.4 is 0 Å². The summed E-state index contributed by atoms with van der Waals surface area (Å²) in [6.45, 7) is 4.42. The van der Waals surface area contributed by atoms with Crippen LogP contribution in [-0.2, 0) is 0 Å². The van der Waals surface area contributed by atoms with Crippen LogP contribution in [0.1, 0.15) is 25.3 Å². The largest absolute Gasteiger partial charge is 0.455 e. The molecule has 0 fully saturated rings. The molecule has 5 rings (SSSR count). The Labute approximate surface area is 176 Å². The van der Waals surface area contributed by atoms with Crippen LogP contribution in [-0.4, -0.2) is 4.98 Å². The minimum absolute atomic E-state index is 0.461. The normalized spacial score (nSPS) is 11.3. The SMILES string of the molecule is CC(C)c1ccnc(-c2cc(-c3ccccc3)c3oc(-c4ccccc4)cc3c2)c1. The Kier molecular flexibility index (Phi) is 4.68. The smallest absolute Gasteiger partial charge is 0.142 e. The molecule has 146 valence electrons. The van der Waals surface area contributed by atoms with Gasteiger partial charge in [0, 0.05) is 28.3 Å². The zero-order chi connectivity index (χ0) is 20.5. The van der Waals surface area contributed by atoms with Crippen molar-refractivity contribution in [2.24, 2.45) is 0 Å². The number of hydrogen-bond acceptors (Lipinski definition) is 2. The van der Waals surface area contributed by atoms with Crippen molar-refractivity contribution in [1.82, 2.24) is 4.98 Å². The average molecular weight is 389 g/mol. The number of hydrogen-bond donors (Lipinski definition) is 0. The van der Waals surface area contributed by atoms with Crippen LogP contribution in [0, 0.1) is 0 Å². The number of fused-ring (bicyclic) bond motifs is 1. The molecule has 2 nitrogen and oxygen atoms in total. The molecule has 2 heterocycles. The van der Waals surface area contributed by atoms with Gasteiger partial charge in [-0.05, 0) is 47.4 Å². The van der Waals surface area contributed by atoms with E-state index in [1.165, 1.54) is 5.56 Å². The molecule has 0 N–H and O–H groups in total. The van der Waals surface area contributed by atoms with E-state index in [9.17, 15) is 0 Å². The highest BCUT2D eigenvalue weighted by molar-refractivity contribution is 5.98. The van der Waals surface area contributed by atoms with E-state index in [-0.39, 0.29) is 0 Å². The summed E-state index contributed by atoms with van der Waals surface area (Å²) >= 11 is 0. The Morgan fingerprint density at radius 3 is 2.10 bits per heavy atom. The molecule has 0 amide bonds. The van der Waals surface area contributed by atoms with Crippen LogP contribution in [0.2, 0.25) is 0 Å². The second kappa shape index (κ2) is 7.64. The first-order chi connectivity index (χ1) is 14.7. The molecule has 3 aromatic carbocycles. The average Bonchev–Trinajstić information content (AvgIpc) is 3.24. The number of nitrogens with zero attached hydrogens (tertiary/aromatic N) is 1. The van der Waals surface area contributed by atoms with Gasteiger partial charge in [-0.3, -0.25) is 4.98 Å². The summed E-state index contributed by atoms with van der Waals surface area (Å²) in [7, 11) is 0. The lowest BCUT2D eigenvalue weighted by Gasteiger charge is -2.10. The molecule has 0 saturated carbocycles. The third-order valence-corrected chi connectivity index (χ3v) is 5.51. The van der Waals surface area contributed by atoms with Gasteiger partial charge in [-0.15, -0.1) is 0 Å². The van der Waals surface area contributed by atoms with Crippen molar-refractivity contribution in [3.05, 3.63) is 103 Å². The van der Waals surface area contributed by atoms with Crippen LogP contribution in [0.4, 0.5) is 0 Å². The van der Waals surface area contributed by atoms with Crippen molar-refractivity contribution in [3.8, 4) is 33.7 Å². The monoisotopic (exact) mass is 389 g/mol. The maximum atomic E-state index is 6.37. The van der Waals surface area contributed by atoms with Gasteiger partial charge >= 0.3 is 0 Å². The van der Waals surface area contributed by atoms with Gasteiger partial charge in [0.1, 0.15) is 11.3 Å². The van der Waals surface area contributed by atoms with Gasteiger partial charge in [0.05, 0.1) is 5.69 Å². The van der Waals surface area contributed by atoms with Crippen molar-refractivity contribution in [1.29, 1.82) is 0 Å². The standard InChI is InChI=1S/C28H23NO/c1-19(2)22-13-14-29-26(17-22)23-15-24-18-27(21-11-7-4-8-12-21)30-28(24)25(16-23)20-9-5-3-6-10-20/h3-19H,1-2H3. The molecular formula is C28H23NO. The first-order valence-electron chi connectivity index (χ1n) is 10.3.